The molecule has 3 aliphatic rings. The smallest absolute Gasteiger partial charge is 0.0807 e. The van der Waals surface area contributed by atoms with Gasteiger partial charge >= 0.3 is 0 Å². The Bertz CT molecular complexity index is 1070. The molecule has 0 aromatic carbocycles. The number of nitrogens with two attached hydrogens (primary N) is 2. The predicted molar refractivity (Wildman–Crippen MR) is 330 cm³/mol. The third kappa shape index (κ3) is 66.9. The molecule has 11 N–H and O–H groups in total. The Labute approximate surface area is 540 Å². The first kappa shape index (κ1) is 91.7. The summed E-state index contributed by atoms with van der Waals surface area (Å²) in [4.78, 5) is 16.4. The van der Waals surface area contributed by atoms with Gasteiger partial charge in [-0.1, -0.05) is 76.2 Å². The number of likely N-dealkylation sites (N-methyl/N-ethyl adjacent to an activating group) is 2. The van der Waals surface area contributed by atoms with Crippen molar-refractivity contribution in [3.63, 3.8) is 0 Å². The van der Waals surface area contributed by atoms with E-state index in [4.69, 9.17) is 16.2 Å². The van der Waals surface area contributed by atoms with Crippen LogP contribution in [0.3, 0.4) is 0 Å². The molecule has 79 heavy (non-hydrogen) atoms. The van der Waals surface area contributed by atoms with Crippen LogP contribution in [0.1, 0.15) is 153 Å². The quantitative estimate of drug-likeness (QED) is 0.0239. The van der Waals surface area contributed by atoms with Crippen LogP contribution in [-0.2, 0) is 70.2 Å². The maximum atomic E-state index is 9.95. The van der Waals surface area contributed by atoms with E-state index in [1.165, 1.54) is 39.1 Å². The summed E-state index contributed by atoms with van der Waals surface area (Å²) in [7, 11) is 4.37. The Morgan fingerprint density at radius 2 is 0.848 bits per heavy atom. The van der Waals surface area contributed by atoms with Gasteiger partial charge in [0.2, 0.25) is 0 Å². The van der Waals surface area contributed by atoms with Crippen LogP contribution in [0.15, 0.2) is 0 Å². The second-order valence-corrected chi connectivity index (χ2v) is 21.2. The fourth-order valence-electron chi connectivity index (χ4n) is 7.38. The molecule has 0 amide bonds. The molecule has 18 nitrogen and oxygen atoms in total. The van der Waals surface area contributed by atoms with Crippen molar-refractivity contribution in [3.8, 4) is 0 Å². The average Bonchev–Trinajstić information content (AvgIpc) is 4.29. The van der Waals surface area contributed by atoms with Crippen LogP contribution in [0, 0.1) is 6.92 Å². The van der Waals surface area contributed by atoms with Gasteiger partial charge in [-0.2, -0.15) is 6.42 Å². The molecular weight excluding hydrogens is 1150 g/mol. The van der Waals surface area contributed by atoms with Crippen LogP contribution in [-0.4, -0.2) is 292 Å². The van der Waals surface area contributed by atoms with Gasteiger partial charge in [0.05, 0.1) is 43.2 Å². The summed E-state index contributed by atoms with van der Waals surface area (Å²) in [6.45, 7) is 51.1. The number of ether oxygens (including phenoxy) is 1. The van der Waals surface area contributed by atoms with E-state index >= 15 is 0 Å². The standard InChI is InChI=1S/C17H37N4O2.2C11H25NO2.C10H22N3.C4H8O.2C3H9N.2Y/c1-4-16(22)14-18-6-7-21(15-17(23)5-2)13-12-20-10-8-19(3)9-11-20;2*1-4-7-12(8-10(13)5-2)9-11(14)6-3;1-3-4-11-5-6-13-9-7-12(2)8-10-13;1-2-4-3-5-4;2*1-2-3-4;;/h16-17,22-23H,4-15H2,1-3H3;2*10-11,13-14H,4-9H2,1-3H3;11H,1,3-10H2,2H3;4H,2-3H2,1H3;2*2-4H2,1H3;;/q-1;;;-1;;;;;. The van der Waals surface area contributed by atoms with E-state index in [1.807, 2.05) is 41.5 Å². The number of aliphatic hydroxyl groups is 6. The van der Waals surface area contributed by atoms with Crippen molar-refractivity contribution < 1.29 is 101 Å². The maximum absolute atomic E-state index is 9.95. The van der Waals surface area contributed by atoms with Crippen molar-refractivity contribution in [3.05, 3.63) is 12.2 Å². The number of nitrogens with zero attached hydrogens (tertiary/aromatic N) is 8. The number of epoxide rings is 1. The third-order valence-corrected chi connectivity index (χ3v) is 13.5. The van der Waals surface area contributed by atoms with Crippen molar-refractivity contribution in [1.82, 2.24) is 39.6 Å². The molecule has 0 saturated carbocycles. The van der Waals surface area contributed by atoms with Crippen molar-refractivity contribution in [2.24, 2.45) is 11.5 Å². The van der Waals surface area contributed by atoms with Crippen molar-refractivity contribution >= 4 is 0 Å². The summed E-state index contributed by atoms with van der Waals surface area (Å²) in [5.41, 5.74) is 10.1. The zero-order valence-electron chi connectivity index (χ0n) is 54.1. The first-order valence-corrected chi connectivity index (χ1v) is 31.1. The molecule has 3 fully saturated rings. The second kappa shape index (κ2) is 68.6. The van der Waals surface area contributed by atoms with E-state index in [9.17, 15) is 30.6 Å². The Hall–Kier alpha value is 1.49. The molecule has 0 aromatic rings. The minimum atomic E-state index is -0.310. The number of piperazine rings is 2. The molecule has 3 aliphatic heterocycles. The number of aliphatic hydroxyl groups excluding tert-OH is 6. The summed E-state index contributed by atoms with van der Waals surface area (Å²) >= 11 is 0. The summed E-state index contributed by atoms with van der Waals surface area (Å²) in [6.07, 6.45) is 10.2. The van der Waals surface area contributed by atoms with Crippen LogP contribution in [0.4, 0.5) is 0 Å². The monoisotopic (exact) mass is 1290 g/mol. The number of hydrogen-bond acceptors (Lipinski definition) is 17. The number of nitrogens with one attached hydrogen (secondary N) is 1. The average molecular weight is 1290 g/mol. The van der Waals surface area contributed by atoms with Gasteiger partial charge in [-0.15, -0.1) is 13.1 Å². The van der Waals surface area contributed by atoms with Crippen LogP contribution in [0.5, 0.6) is 0 Å². The van der Waals surface area contributed by atoms with Gasteiger partial charge in [0.25, 0.3) is 0 Å². The summed E-state index contributed by atoms with van der Waals surface area (Å²) < 4.78 is 4.86. The SMILES string of the molecule is CCC(O)C[N-]CCN(CCN1CCN(C)CC1)CC(O)CC.CCC1CO1.CCCN.CCCN.CCCN(CC(O)CC)CC(O)CC.CCCN(CC(O)CC)CC(O)CC.[CH2-]CCNCCN1CCN(C)CC1.[Y].[Y]. The minimum absolute atomic E-state index is 0. The first-order chi connectivity index (χ1) is 36.9. The zero-order valence-corrected chi connectivity index (χ0v) is 59.8. The van der Waals surface area contributed by atoms with E-state index < -0.39 is 0 Å². The number of hydrogen-bond donors (Lipinski definition) is 9. The van der Waals surface area contributed by atoms with Crippen LogP contribution in [0.2, 0.25) is 0 Å². The molecule has 3 rings (SSSR count). The van der Waals surface area contributed by atoms with E-state index in [-0.39, 0.29) is 102 Å². The molecule has 0 bridgehead atoms. The molecule has 0 spiro atoms. The van der Waals surface area contributed by atoms with Crippen LogP contribution >= 0.6 is 0 Å². The van der Waals surface area contributed by atoms with E-state index in [1.54, 1.807) is 0 Å². The molecule has 3 saturated heterocycles. The maximum Gasteiger partial charge on any atom is 0.0807 e. The fourth-order valence-corrected chi connectivity index (χ4v) is 7.38. The molecule has 0 aromatic heterocycles. The van der Waals surface area contributed by atoms with Crippen molar-refractivity contribution in [2.75, 3.05) is 184 Å². The summed E-state index contributed by atoms with van der Waals surface area (Å²) in [5, 5.41) is 65.4. The molecule has 3 heterocycles. The topological polar surface area (TPSA) is 235 Å². The molecule has 7 atom stereocenters. The molecule has 0 aliphatic carbocycles. The molecule has 476 valence electrons. The molecule has 2 radical (unpaired) electrons. The minimum Gasteiger partial charge on any atom is -0.659 e. The van der Waals surface area contributed by atoms with Crippen LogP contribution < -0.4 is 16.8 Å². The second-order valence-electron chi connectivity index (χ2n) is 21.2. The Kier molecular flexibility index (Phi) is 79.6. The van der Waals surface area contributed by atoms with Gasteiger partial charge in [0.15, 0.2) is 0 Å². The van der Waals surface area contributed by atoms with Gasteiger partial charge in [-0.3, -0.25) is 19.6 Å². The Balaban J connectivity index is -0.000000211. The molecular formula is C59H135N11O7Y2-2. The van der Waals surface area contributed by atoms with Crippen LogP contribution in [0.25, 0.3) is 5.32 Å². The predicted octanol–water partition coefficient (Wildman–Crippen LogP) is 4.48. The zero-order chi connectivity index (χ0) is 59.1. The van der Waals surface area contributed by atoms with E-state index in [0.29, 0.717) is 38.8 Å². The molecule has 7 unspecified atom stereocenters. The Morgan fingerprint density at radius 1 is 0.506 bits per heavy atom. The first-order valence-electron chi connectivity index (χ1n) is 31.1. The van der Waals surface area contributed by atoms with E-state index in [2.05, 4.69) is 101 Å². The Morgan fingerprint density at radius 3 is 1.13 bits per heavy atom. The largest absolute Gasteiger partial charge is 0.659 e. The normalized spacial score (nSPS) is 17.8. The van der Waals surface area contributed by atoms with Gasteiger partial charge in [0.1, 0.15) is 0 Å². The summed E-state index contributed by atoms with van der Waals surface area (Å²) in [5.74, 6) is 0. The number of rotatable bonds is 36. The summed E-state index contributed by atoms with van der Waals surface area (Å²) in [6, 6.07) is 0. The van der Waals surface area contributed by atoms with Gasteiger partial charge in [-0.25, -0.2) is 0 Å². The van der Waals surface area contributed by atoms with Crippen molar-refractivity contribution in [1.29, 1.82) is 0 Å². The van der Waals surface area contributed by atoms with Crippen molar-refractivity contribution in [2.45, 2.75) is 196 Å². The van der Waals surface area contributed by atoms with E-state index in [0.717, 1.165) is 175 Å². The van der Waals surface area contributed by atoms with Gasteiger partial charge < -0.3 is 79.1 Å². The van der Waals surface area contributed by atoms with Gasteiger partial charge in [0, 0.05) is 183 Å². The third-order valence-electron chi connectivity index (χ3n) is 13.5. The fraction of sp³-hybridized carbons (Fsp3) is 0.983. The molecule has 20 heteroatoms. The van der Waals surface area contributed by atoms with Gasteiger partial charge in [-0.05, 0) is 124 Å².